The van der Waals surface area contributed by atoms with Crippen LogP contribution in [0.1, 0.15) is 32.6 Å². The molecule has 5 nitrogen and oxygen atoms in total. The number of amides is 1. The first kappa shape index (κ1) is 16.2. The van der Waals surface area contributed by atoms with Crippen LogP contribution in [-0.2, 0) is 14.3 Å². The summed E-state index contributed by atoms with van der Waals surface area (Å²) in [4.78, 5) is 25.8. The van der Waals surface area contributed by atoms with E-state index in [1.54, 1.807) is 0 Å². The molecule has 0 aromatic heterocycles. The Kier molecular flexibility index (Phi) is 6.58. The number of halogens is 1. The van der Waals surface area contributed by atoms with E-state index in [2.05, 4.69) is 5.32 Å². The molecule has 0 aromatic rings. The van der Waals surface area contributed by atoms with Gasteiger partial charge >= 0.3 is 5.97 Å². The van der Waals surface area contributed by atoms with E-state index < -0.39 is 0 Å². The number of hydrogen-bond donors (Lipinski definition) is 1. The van der Waals surface area contributed by atoms with Crippen molar-refractivity contribution in [2.75, 3.05) is 26.2 Å². The number of ether oxygens (including phenoxy) is 1. The maximum absolute atomic E-state index is 12.2. The summed E-state index contributed by atoms with van der Waals surface area (Å²) >= 11 is 0. The molecule has 0 saturated carbocycles. The molecule has 2 saturated heterocycles. The Morgan fingerprint density at radius 3 is 2.74 bits per heavy atom. The van der Waals surface area contributed by atoms with E-state index in [9.17, 15) is 9.59 Å². The molecule has 19 heavy (non-hydrogen) atoms. The summed E-state index contributed by atoms with van der Waals surface area (Å²) in [6, 6.07) is -0.0362. The molecule has 0 spiro atoms. The zero-order valence-electron chi connectivity index (χ0n) is 11.4. The van der Waals surface area contributed by atoms with Crippen molar-refractivity contribution in [3.05, 3.63) is 0 Å². The van der Waals surface area contributed by atoms with Gasteiger partial charge in [0, 0.05) is 13.1 Å². The van der Waals surface area contributed by atoms with Gasteiger partial charge in [0.2, 0.25) is 5.91 Å². The lowest BCUT2D eigenvalue weighted by Crippen LogP contribution is -2.49. The number of likely N-dealkylation sites (tertiary alicyclic amines) is 1. The van der Waals surface area contributed by atoms with Gasteiger partial charge in [-0.05, 0) is 39.2 Å². The van der Waals surface area contributed by atoms with E-state index >= 15 is 0 Å². The summed E-state index contributed by atoms with van der Waals surface area (Å²) in [5, 5.41) is 3.22. The molecule has 6 heteroatoms. The Balaban J connectivity index is 0.00000180. The number of hydrogen-bond acceptors (Lipinski definition) is 4. The molecule has 2 atom stereocenters. The number of esters is 1. The standard InChI is InChI=1S/C13H22N2O3.ClH/c1-2-18-13(17)10-5-4-8-15(9-10)12(16)11-6-3-7-14-11;/h10-11,14H,2-9H2,1H3;1H/t10?,11-;/m0./s1. The fourth-order valence-corrected chi connectivity index (χ4v) is 2.75. The van der Waals surface area contributed by atoms with Gasteiger partial charge in [-0.15, -0.1) is 12.4 Å². The number of carbonyl (C=O) groups is 2. The highest BCUT2D eigenvalue weighted by molar-refractivity contribution is 5.85. The second-order valence-electron chi connectivity index (χ2n) is 5.02. The van der Waals surface area contributed by atoms with Crippen LogP contribution in [0.4, 0.5) is 0 Å². The monoisotopic (exact) mass is 290 g/mol. The largest absolute Gasteiger partial charge is 0.466 e. The average molecular weight is 291 g/mol. The van der Waals surface area contributed by atoms with Crippen LogP contribution >= 0.6 is 12.4 Å². The second-order valence-corrected chi connectivity index (χ2v) is 5.02. The third kappa shape index (κ3) is 4.08. The first-order chi connectivity index (χ1) is 8.72. The van der Waals surface area contributed by atoms with Gasteiger partial charge in [-0.2, -0.15) is 0 Å². The van der Waals surface area contributed by atoms with Crippen LogP contribution in [0.5, 0.6) is 0 Å². The van der Waals surface area contributed by atoms with Gasteiger partial charge in [-0.1, -0.05) is 0 Å². The SMILES string of the molecule is CCOC(=O)C1CCCN(C(=O)[C@@H]2CCCN2)C1.Cl. The van der Waals surface area contributed by atoms with Crippen LogP contribution in [0.15, 0.2) is 0 Å². The Morgan fingerprint density at radius 2 is 2.11 bits per heavy atom. The third-order valence-corrected chi connectivity index (χ3v) is 3.71. The Labute approximate surface area is 120 Å². The van der Waals surface area contributed by atoms with Crippen molar-refractivity contribution < 1.29 is 14.3 Å². The van der Waals surface area contributed by atoms with Gasteiger partial charge in [0.05, 0.1) is 18.6 Å². The molecule has 1 N–H and O–H groups in total. The van der Waals surface area contributed by atoms with Gasteiger partial charge in [0.15, 0.2) is 0 Å². The zero-order valence-corrected chi connectivity index (χ0v) is 12.2. The van der Waals surface area contributed by atoms with Crippen LogP contribution in [0.2, 0.25) is 0 Å². The Morgan fingerprint density at radius 1 is 1.32 bits per heavy atom. The molecule has 110 valence electrons. The minimum Gasteiger partial charge on any atom is -0.466 e. The van der Waals surface area contributed by atoms with Gasteiger partial charge < -0.3 is 15.0 Å². The van der Waals surface area contributed by atoms with E-state index in [4.69, 9.17) is 4.74 Å². The smallest absolute Gasteiger partial charge is 0.310 e. The predicted octanol–water partition coefficient (Wildman–Crippen LogP) is 0.962. The van der Waals surface area contributed by atoms with Crippen LogP contribution < -0.4 is 5.32 Å². The van der Waals surface area contributed by atoms with Crippen molar-refractivity contribution in [1.29, 1.82) is 0 Å². The van der Waals surface area contributed by atoms with Crippen LogP contribution in [0.3, 0.4) is 0 Å². The number of nitrogens with zero attached hydrogens (tertiary/aromatic N) is 1. The van der Waals surface area contributed by atoms with Crippen LogP contribution in [0.25, 0.3) is 0 Å². The Bertz CT molecular complexity index is 319. The van der Waals surface area contributed by atoms with Crippen molar-refractivity contribution in [3.63, 3.8) is 0 Å². The lowest BCUT2D eigenvalue weighted by atomic mass is 9.97. The summed E-state index contributed by atoms with van der Waals surface area (Å²) < 4.78 is 5.04. The van der Waals surface area contributed by atoms with Crippen molar-refractivity contribution in [1.82, 2.24) is 10.2 Å². The molecular weight excluding hydrogens is 268 g/mol. The fraction of sp³-hybridized carbons (Fsp3) is 0.846. The summed E-state index contributed by atoms with van der Waals surface area (Å²) in [7, 11) is 0. The van der Waals surface area contributed by atoms with Gasteiger partial charge in [-0.25, -0.2) is 0 Å². The quantitative estimate of drug-likeness (QED) is 0.787. The molecule has 2 aliphatic rings. The molecule has 2 aliphatic heterocycles. The van der Waals surface area contributed by atoms with Crippen molar-refractivity contribution in [3.8, 4) is 0 Å². The molecule has 0 aliphatic carbocycles. The molecule has 2 fully saturated rings. The average Bonchev–Trinajstić information content (AvgIpc) is 2.92. The summed E-state index contributed by atoms with van der Waals surface area (Å²) in [5.41, 5.74) is 0. The normalized spacial score (nSPS) is 26.7. The molecule has 1 amide bonds. The predicted molar refractivity (Wildman–Crippen MR) is 74.2 cm³/mol. The Hall–Kier alpha value is -0.810. The van der Waals surface area contributed by atoms with Crippen LogP contribution in [0, 0.1) is 5.92 Å². The topological polar surface area (TPSA) is 58.6 Å². The molecule has 0 radical (unpaired) electrons. The van der Waals surface area contributed by atoms with Crippen LogP contribution in [-0.4, -0.2) is 49.1 Å². The maximum atomic E-state index is 12.2. The molecule has 1 unspecified atom stereocenters. The van der Waals surface area contributed by atoms with E-state index in [-0.39, 0.29) is 36.2 Å². The number of piperidine rings is 1. The summed E-state index contributed by atoms with van der Waals surface area (Å²) in [6.07, 6.45) is 3.70. The van der Waals surface area contributed by atoms with E-state index in [0.29, 0.717) is 13.2 Å². The van der Waals surface area contributed by atoms with Gasteiger partial charge in [0.1, 0.15) is 0 Å². The summed E-state index contributed by atoms with van der Waals surface area (Å²) in [6.45, 7) is 4.44. The highest BCUT2D eigenvalue weighted by atomic mass is 35.5. The molecular formula is C13H23ClN2O3. The second kappa shape index (κ2) is 7.70. The maximum Gasteiger partial charge on any atom is 0.310 e. The van der Waals surface area contributed by atoms with E-state index in [0.717, 1.165) is 38.8 Å². The highest BCUT2D eigenvalue weighted by Crippen LogP contribution is 2.20. The van der Waals surface area contributed by atoms with Gasteiger partial charge in [-0.3, -0.25) is 9.59 Å². The van der Waals surface area contributed by atoms with Crippen molar-refractivity contribution >= 4 is 24.3 Å². The summed E-state index contributed by atoms with van der Waals surface area (Å²) in [5.74, 6) is -0.139. The molecule has 0 bridgehead atoms. The lowest BCUT2D eigenvalue weighted by Gasteiger charge is -2.33. The molecule has 2 heterocycles. The van der Waals surface area contributed by atoms with Crippen molar-refractivity contribution in [2.45, 2.75) is 38.6 Å². The fourth-order valence-electron chi connectivity index (χ4n) is 2.75. The third-order valence-electron chi connectivity index (χ3n) is 3.71. The zero-order chi connectivity index (χ0) is 13.0. The van der Waals surface area contributed by atoms with E-state index in [1.165, 1.54) is 0 Å². The molecule has 2 rings (SSSR count). The first-order valence-electron chi connectivity index (χ1n) is 6.91. The first-order valence-corrected chi connectivity index (χ1v) is 6.91. The van der Waals surface area contributed by atoms with E-state index in [1.807, 2.05) is 11.8 Å². The minimum atomic E-state index is -0.158. The highest BCUT2D eigenvalue weighted by Gasteiger charge is 2.33. The number of rotatable bonds is 3. The minimum absolute atomic E-state index is 0. The lowest BCUT2D eigenvalue weighted by molar-refractivity contribution is -0.151. The van der Waals surface area contributed by atoms with Gasteiger partial charge in [0.25, 0.3) is 0 Å². The molecule has 0 aromatic carbocycles. The van der Waals surface area contributed by atoms with Crippen molar-refractivity contribution in [2.24, 2.45) is 5.92 Å². The number of nitrogens with one attached hydrogen (secondary N) is 1. The number of carbonyl (C=O) groups excluding carboxylic acids is 2.